The number of thiophene rings is 1. The maximum atomic E-state index is 13.2. The fourth-order valence-corrected chi connectivity index (χ4v) is 7.90. The van der Waals surface area contributed by atoms with E-state index in [2.05, 4.69) is 59.4 Å². The van der Waals surface area contributed by atoms with E-state index in [1.165, 1.54) is 28.6 Å². The van der Waals surface area contributed by atoms with Crippen LogP contribution in [0.25, 0.3) is 10.1 Å². The molecule has 3 aliphatic rings. The van der Waals surface area contributed by atoms with Crippen LogP contribution in [0.3, 0.4) is 0 Å². The zero-order valence-corrected chi connectivity index (χ0v) is 27.2. The lowest BCUT2D eigenvalue weighted by molar-refractivity contribution is -0.149. The molecule has 3 aromatic rings. The summed E-state index contributed by atoms with van der Waals surface area (Å²) in [7, 11) is 0. The highest BCUT2D eigenvalue weighted by Crippen LogP contribution is 2.42. The number of benzene rings is 2. The van der Waals surface area contributed by atoms with Crippen molar-refractivity contribution in [3.63, 3.8) is 0 Å². The molecule has 7 nitrogen and oxygen atoms in total. The number of carbonyl (C=O) groups is 2. The molecule has 1 aliphatic carbocycles. The summed E-state index contributed by atoms with van der Waals surface area (Å²) in [5.41, 5.74) is 2.97. The lowest BCUT2D eigenvalue weighted by Gasteiger charge is -2.38. The van der Waals surface area contributed by atoms with Crippen molar-refractivity contribution in [3.05, 3.63) is 53.4 Å². The highest BCUT2D eigenvalue weighted by molar-refractivity contribution is 7.17. The normalized spacial score (nSPS) is 19.5. The molecule has 2 fully saturated rings. The largest absolute Gasteiger partial charge is 0.494 e. The number of nitrogens with zero attached hydrogens (tertiary/aromatic N) is 3. The van der Waals surface area contributed by atoms with Gasteiger partial charge in [0.1, 0.15) is 5.75 Å². The summed E-state index contributed by atoms with van der Waals surface area (Å²) >= 11 is 1.81. The summed E-state index contributed by atoms with van der Waals surface area (Å²) in [4.78, 5) is 32.8. The first-order chi connectivity index (χ1) is 21.4. The molecule has 44 heavy (non-hydrogen) atoms. The third-order valence-electron chi connectivity index (χ3n) is 9.73. The van der Waals surface area contributed by atoms with Crippen molar-refractivity contribution in [2.45, 2.75) is 77.0 Å². The zero-order valence-electron chi connectivity index (χ0n) is 26.4. The van der Waals surface area contributed by atoms with Crippen LogP contribution in [-0.4, -0.2) is 62.8 Å². The lowest BCUT2D eigenvalue weighted by Crippen LogP contribution is -2.46. The molecule has 8 heteroatoms. The van der Waals surface area contributed by atoms with Crippen LogP contribution < -0.4 is 14.5 Å². The van der Waals surface area contributed by atoms with Gasteiger partial charge in [0.15, 0.2) is 6.73 Å². The number of carbonyl (C=O) groups excluding carboxylic acids is 2. The van der Waals surface area contributed by atoms with Gasteiger partial charge < -0.3 is 14.4 Å². The van der Waals surface area contributed by atoms with E-state index in [1.807, 2.05) is 23.5 Å². The Morgan fingerprint density at radius 1 is 0.955 bits per heavy atom. The minimum absolute atomic E-state index is 0.0135. The van der Waals surface area contributed by atoms with Crippen molar-refractivity contribution in [2.24, 2.45) is 5.92 Å². The fourth-order valence-electron chi connectivity index (χ4n) is 7.10. The van der Waals surface area contributed by atoms with Crippen LogP contribution in [0.15, 0.2) is 47.8 Å². The van der Waals surface area contributed by atoms with E-state index >= 15 is 0 Å². The van der Waals surface area contributed by atoms with Crippen molar-refractivity contribution in [1.29, 1.82) is 0 Å². The Bertz CT molecular complexity index is 1440. The van der Waals surface area contributed by atoms with E-state index < -0.39 is 0 Å². The molecule has 1 saturated heterocycles. The predicted molar refractivity (Wildman–Crippen MR) is 179 cm³/mol. The fraction of sp³-hybridized carbons (Fsp3) is 0.556. The zero-order chi connectivity index (χ0) is 30.5. The number of hydrogen-bond donors (Lipinski definition) is 0. The van der Waals surface area contributed by atoms with Gasteiger partial charge in [0.25, 0.3) is 0 Å². The second-order valence-electron chi connectivity index (χ2n) is 13.3. The van der Waals surface area contributed by atoms with Gasteiger partial charge in [-0.05, 0) is 67.4 Å². The summed E-state index contributed by atoms with van der Waals surface area (Å²) in [6.07, 6.45) is 8.73. The average Bonchev–Trinajstić information content (AvgIpc) is 3.34. The smallest absolute Gasteiger partial charge is 0.310 e. The second kappa shape index (κ2) is 13.9. The highest BCUT2D eigenvalue weighted by atomic mass is 32.1. The summed E-state index contributed by atoms with van der Waals surface area (Å²) in [5, 5.41) is 3.56. The van der Waals surface area contributed by atoms with Gasteiger partial charge in [-0.3, -0.25) is 19.4 Å². The van der Waals surface area contributed by atoms with Crippen LogP contribution in [-0.2, 0) is 19.7 Å². The van der Waals surface area contributed by atoms with Gasteiger partial charge in [-0.25, -0.2) is 0 Å². The van der Waals surface area contributed by atoms with E-state index in [0.29, 0.717) is 13.0 Å². The number of amides is 1. The van der Waals surface area contributed by atoms with Crippen LogP contribution in [0.2, 0.25) is 0 Å². The van der Waals surface area contributed by atoms with E-state index in [4.69, 9.17) is 9.47 Å². The third-order valence-corrected chi connectivity index (χ3v) is 10.6. The number of esters is 1. The molecule has 236 valence electrons. The number of anilines is 2. The molecule has 0 bridgehead atoms. The van der Waals surface area contributed by atoms with Crippen molar-refractivity contribution in [1.82, 2.24) is 4.90 Å². The van der Waals surface area contributed by atoms with E-state index in [9.17, 15) is 9.59 Å². The van der Waals surface area contributed by atoms with E-state index in [-0.39, 0.29) is 29.9 Å². The second-order valence-corrected chi connectivity index (χ2v) is 14.3. The van der Waals surface area contributed by atoms with Crippen LogP contribution in [0.5, 0.6) is 5.75 Å². The quantitative estimate of drug-likeness (QED) is 0.135. The monoisotopic (exact) mass is 617 g/mol. The summed E-state index contributed by atoms with van der Waals surface area (Å²) in [6.45, 7) is 10.2. The van der Waals surface area contributed by atoms with Crippen LogP contribution in [0, 0.1) is 5.92 Å². The first-order valence-electron chi connectivity index (χ1n) is 16.6. The molecule has 1 saturated carbocycles. The Balaban J connectivity index is 0.981. The van der Waals surface area contributed by atoms with Gasteiger partial charge in [0.2, 0.25) is 5.91 Å². The number of hydrogen-bond acceptors (Lipinski definition) is 7. The molecule has 2 aliphatic heterocycles. The third kappa shape index (κ3) is 7.07. The Morgan fingerprint density at radius 3 is 2.55 bits per heavy atom. The summed E-state index contributed by atoms with van der Waals surface area (Å²) < 4.78 is 13.3. The molecule has 0 spiro atoms. The topological polar surface area (TPSA) is 62.3 Å². The molecule has 0 atom stereocenters. The van der Waals surface area contributed by atoms with Gasteiger partial charge in [-0.15, -0.1) is 11.3 Å². The Labute approximate surface area is 266 Å². The maximum absolute atomic E-state index is 13.2. The van der Waals surface area contributed by atoms with Crippen molar-refractivity contribution >= 4 is 44.7 Å². The Kier molecular flexibility index (Phi) is 9.77. The van der Waals surface area contributed by atoms with Gasteiger partial charge in [-0.1, -0.05) is 51.7 Å². The number of unbranched alkanes of at least 4 members (excludes halogenated alkanes) is 1. The molecule has 0 radical (unpaired) electrons. The lowest BCUT2D eigenvalue weighted by atomic mass is 9.77. The molecule has 2 aromatic carbocycles. The predicted octanol–water partition coefficient (Wildman–Crippen LogP) is 7.37. The number of rotatable bonds is 10. The number of piperazine rings is 1. The van der Waals surface area contributed by atoms with Gasteiger partial charge in [-0.2, -0.15) is 0 Å². The Hall–Kier alpha value is -3.10. The SMILES string of the molecule is CC1(C)CC(=O)N(COC(=O)C2CCCCCC2)c2cc(OCCCCN3CCN(c4cccc5sccc45)CC3)ccc21. The standard InChI is InChI=1S/C36H47N3O4S/c1-36(2)25-34(40)39(26-43-35(41)27-10-5-3-4-6-11-27)32-24-28(14-15-30(32)36)42-22-8-7-17-37-18-20-38(21-19-37)31-12-9-13-33-29(31)16-23-44-33/h9,12-16,23-24,27H,3-8,10-11,17-22,25-26H2,1-2H3. The molecule has 0 N–H and O–H groups in total. The molecule has 3 heterocycles. The minimum Gasteiger partial charge on any atom is -0.494 e. The number of ether oxygens (including phenoxy) is 2. The van der Waals surface area contributed by atoms with Crippen LogP contribution >= 0.6 is 11.3 Å². The summed E-state index contributed by atoms with van der Waals surface area (Å²) in [6, 6.07) is 14.9. The van der Waals surface area contributed by atoms with Gasteiger partial charge in [0, 0.05) is 59.9 Å². The van der Waals surface area contributed by atoms with Crippen LogP contribution in [0.1, 0.15) is 77.2 Å². The first-order valence-corrected chi connectivity index (χ1v) is 17.4. The maximum Gasteiger partial charge on any atom is 0.310 e. The molecular weight excluding hydrogens is 570 g/mol. The molecule has 6 rings (SSSR count). The van der Waals surface area contributed by atoms with E-state index in [1.54, 1.807) is 4.90 Å². The van der Waals surface area contributed by atoms with Crippen molar-refractivity contribution in [3.8, 4) is 5.75 Å². The first kappa shape index (κ1) is 30.9. The summed E-state index contributed by atoms with van der Waals surface area (Å²) in [5.74, 6) is 0.527. The molecular formula is C36H47N3O4S. The molecule has 1 amide bonds. The van der Waals surface area contributed by atoms with E-state index in [0.717, 1.165) is 88.2 Å². The minimum atomic E-state index is -0.285. The van der Waals surface area contributed by atoms with Crippen molar-refractivity contribution < 1.29 is 19.1 Å². The Morgan fingerprint density at radius 2 is 1.75 bits per heavy atom. The van der Waals surface area contributed by atoms with Gasteiger partial charge in [0.05, 0.1) is 18.2 Å². The average molecular weight is 618 g/mol. The van der Waals surface area contributed by atoms with Gasteiger partial charge >= 0.3 is 5.97 Å². The molecule has 1 aromatic heterocycles. The van der Waals surface area contributed by atoms with Crippen LogP contribution in [0.4, 0.5) is 11.4 Å². The molecule has 0 unspecified atom stereocenters. The number of fused-ring (bicyclic) bond motifs is 2. The van der Waals surface area contributed by atoms with Crippen molar-refractivity contribution in [2.75, 3.05) is 55.9 Å². The highest BCUT2D eigenvalue weighted by Gasteiger charge is 2.37.